The number of halogens is 1. The highest BCUT2D eigenvalue weighted by Crippen LogP contribution is 2.41. The summed E-state index contributed by atoms with van der Waals surface area (Å²) in [4.78, 5) is 2.52. The zero-order chi connectivity index (χ0) is 13.4. The fraction of sp³-hybridized carbons (Fsp3) is 0.625. The summed E-state index contributed by atoms with van der Waals surface area (Å²) in [7, 11) is 0. The standard InChI is InChI=1S/C16H23FN2/c1-11-7-14(17)5-6-15(11)16(8-18)19-9-12-3-2-4-13(12)10-19/h5-7,12-13,16H,2-4,8-10,18H2,1H3. The first kappa shape index (κ1) is 13.1. The second-order valence-electron chi connectivity index (χ2n) is 6.16. The molecule has 1 aliphatic carbocycles. The lowest BCUT2D eigenvalue weighted by molar-refractivity contribution is 0.231. The molecule has 0 radical (unpaired) electrons. The molecule has 2 aliphatic rings. The molecule has 3 rings (SSSR count). The van der Waals surface area contributed by atoms with Crippen molar-refractivity contribution in [2.45, 2.75) is 32.2 Å². The molecule has 1 heterocycles. The highest BCUT2D eigenvalue weighted by molar-refractivity contribution is 5.30. The van der Waals surface area contributed by atoms with E-state index < -0.39 is 0 Å². The molecule has 1 aliphatic heterocycles. The Morgan fingerprint density at radius 1 is 1.32 bits per heavy atom. The quantitative estimate of drug-likeness (QED) is 0.907. The number of nitrogens with zero attached hydrogens (tertiary/aromatic N) is 1. The van der Waals surface area contributed by atoms with Gasteiger partial charge in [0.15, 0.2) is 0 Å². The summed E-state index contributed by atoms with van der Waals surface area (Å²) in [6.45, 7) is 4.94. The van der Waals surface area contributed by atoms with E-state index >= 15 is 0 Å². The maximum Gasteiger partial charge on any atom is 0.123 e. The van der Waals surface area contributed by atoms with Crippen LogP contribution in [0.1, 0.15) is 36.4 Å². The van der Waals surface area contributed by atoms with Crippen LogP contribution in [0.15, 0.2) is 18.2 Å². The molecule has 2 fully saturated rings. The van der Waals surface area contributed by atoms with Crippen LogP contribution in [0.5, 0.6) is 0 Å². The van der Waals surface area contributed by atoms with Gasteiger partial charge in [0.25, 0.3) is 0 Å². The molecular formula is C16H23FN2. The van der Waals surface area contributed by atoms with Crippen LogP contribution < -0.4 is 5.73 Å². The molecule has 0 spiro atoms. The summed E-state index contributed by atoms with van der Waals surface area (Å²) < 4.78 is 13.2. The molecule has 0 amide bonds. The number of hydrogen-bond acceptors (Lipinski definition) is 2. The Hall–Kier alpha value is -0.930. The van der Waals surface area contributed by atoms with Gasteiger partial charge in [0.1, 0.15) is 5.82 Å². The zero-order valence-corrected chi connectivity index (χ0v) is 11.6. The molecule has 1 saturated heterocycles. The number of benzene rings is 1. The number of aryl methyl sites for hydroxylation is 1. The van der Waals surface area contributed by atoms with Crippen LogP contribution in [0.3, 0.4) is 0 Å². The van der Waals surface area contributed by atoms with Gasteiger partial charge in [-0.25, -0.2) is 4.39 Å². The first-order valence-electron chi connectivity index (χ1n) is 7.39. The minimum Gasteiger partial charge on any atom is -0.329 e. The lowest BCUT2D eigenvalue weighted by Gasteiger charge is -2.29. The Morgan fingerprint density at radius 2 is 2.00 bits per heavy atom. The van der Waals surface area contributed by atoms with Gasteiger partial charge in [-0.1, -0.05) is 12.5 Å². The van der Waals surface area contributed by atoms with Crippen molar-refractivity contribution in [3.05, 3.63) is 35.1 Å². The van der Waals surface area contributed by atoms with Crippen LogP contribution in [-0.2, 0) is 0 Å². The van der Waals surface area contributed by atoms with Crippen LogP contribution in [0, 0.1) is 24.6 Å². The van der Waals surface area contributed by atoms with E-state index in [1.807, 2.05) is 13.0 Å². The molecule has 1 aromatic rings. The average molecular weight is 262 g/mol. The Morgan fingerprint density at radius 3 is 2.58 bits per heavy atom. The maximum atomic E-state index is 13.2. The Labute approximate surface area is 114 Å². The van der Waals surface area contributed by atoms with Gasteiger partial charge in [-0.2, -0.15) is 0 Å². The lowest BCUT2D eigenvalue weighted by Crippen LogP contribution is -2.33. The van der Waals surface area contributed by atoms with E-state index in [9.17, 15) is 4.39 Å². The molecule has 1 saturated carbocycles. The molecule has 2 nitrogen and oxygen atoms in total. The fourth-order valence-electron chi connectivity index (χ4n) is 4.01. The number of nitrogens with two attached hydrogens (primary N) is 1. The minimum atomic E-state index is -0.157. The monoisotopic (exact) mass is 262 g/mol. The molecule has 19 heavy (non-hydrogen) atoms. The zero-order valence-electron chi connectivity index (χ0n) is 11.6. The summed E-state index contributed by atoms with van der Waals surface area (Å²) in [6, 6.07) is 5.35. The van der Waals surface area contributed by atoms with Gasteiger partial charge < -0.3 is 5.73 Å². The van der Waals surface area contributed by atoms with E-state index in [0.717, 1.165) is 17.4 Å². The summed E-state index contributed by atoms with van der Waals surface area (Å²) in [5.41, 5.74) is 8.23. The van der Waals surface area contributed by atoms with Crippen molar-refractivity contribution in [1.29, 1.82) is 0 Å². The van der Waals surface area contributed by atoms with Crippen molar-refractivity contribution in [3.8, 4) is 0 Å². The van der Waals surface area contributed by atoms with Gasteiger partial charge in [-0.05, 0) is 54.9 Å². The highest BCUT2D eigenvalue weighted by Gasteiger charge is 2.38. The van der Waals surface area contributed by atoms with Crippen LogP contribution in [-0.4, -0.2) is 24.5 Å². The van der Waals surface area contributed by atoms with Crippen LogP contribution in [0.25, 0.3) is 0 Å². The molecule has 3 unspecified atom stereocenters. The molecule has 2 N–H and O–H groups in total. The topological polar surface area (TPSA) is 29.3 Å². The van der Waals surface area contributed by atoms with E-state index in [4.69, 9.17) is 5.73 Å². The second-order valence-corrected chi connectivity index (χ2v) is 6.16. The van der Waals surface area contributed by atoms with Crippen LogP contribution in [0.4, 0.5) is 4.39 Å². The average Bonchev–Trinajstić information content (AvgIpc) is 2.93. The van der Waals surface area contributed by atoms with E-state index in [-0.39, 0.29) is 11.9 Å². The van der Waals surface area contributed by atoms with Crippen molar-refractivity contribution >= 4 is 0 Å². The van der Waals surface area contributed by atoms with E-state index in [1.54, 1.807) is 12.1 Å². The third-order valence-corrected chi connectivity index (χ3v) is 5.01. The third-order valence-electron chi connectivity index (χ3n) is 5.01. The molecule has 0 bridgehead atoms. The van der Waals surface area contributed by atoms with Gasteiger partial charge in [0, 0.05) is 25.7 Å². The molecule has 3 heteroatoms. The number of fused-ring (bicyclic) bond motifs is 1. The van der Waals surface area contributed by atoms with Crippen molar-refractivity contribution in [3.63, 3.8) is 0 Å². The number of likely N-dealkylation sites (tertiary alicyclic amines) is 1. The van der Waals surface area contributed by atoms with Crippen LogP contribution >= 0.6 is 0 Å². The first-order chi connectivity index (χ1) is 9.19. The smallest absolute Gasteiger partial charge is 0.123 e. The summed E-state index contributed by atoms with van der Waals surface area (Å²) in [6.07, 6.45) is 4.15. The Kier molecular flexibility index (Phi) is 3.59. The predicted octanol–water partition coefficient (Wildman–Crippen LogP) is 2.87. The molecule has 0 aromatic heterocycles. The summed E-state index contributed by atoms with van der Waals surface area (Å²) in [5, 5.41) is 0. The van der Waals surface area contributed by atoms with Gasteiger partial charge in [0.05, 0.1) is 0 Å². The molecular weight excluding hydrogens is 239 g/mol. The summed E-state index contributed by atoms with van der Waals surface area (Å²) in [5.74, 6) is 1.58. The van der Waals surface area contributed by atoms with Gasteiger partial charge in [0.2, 0.25) is 0 Å². The van der Waals surface area contributed by atoms with Crippen molar-refractivity contribution in [2.24, 2.45) is 17.6 Å². The van der Waals surface area contributed by atoms with Gasteiger partial charge in [-0.3, -0.25) is 4.90 Å². The van der Waals surface area contributed by atoms with E-state index in [0.29, 0.717) is 6.54 Å². The fourth-order valence-corrected chi connectivity index (χ4v) is 4.01. The number of hydrogen-bond donors (Lipinski definition) is 1. The number of rotatable bonds is 3. The highest BCUT2D eigenvalue weighted by atomic mass is 19.1. The normalized spacial score (nSPS) is 28.6. The van der Waals surface area contributed by atoms with Gasteiger partial charge >= 0.3 is 0 Å². The second kappa shape index (κ2) is 5.22. The lowest BCUT2D eigenvalue weighted by atomic mass is 10.00. The maximum absolute atomic E-state index is 13.2. The summed E-state index contributed by atoms with van der Waals surface area (Å²) >= 11 is 0. The molecule has 1 aromatic carbocycles. The largest absolute Gasteiger partial charge is 0.329 e. The van der Waals surface area contributed by atoms with Crippen molar-refractivity contribution < 1.29 is 4.39 Å². The van der Waals surface area contributed by atoms with Crippen LogP contribution in [0.2, 0.25) is 0 Å². The van der Waals surface area contributed by atoms with E-state index in [1.165, 1.54) is 37.9 Å². The first-order valence-corrected chi connectivity index (χ1v) is 7.39. The van der Waals surface area contributed by atoms with Crippen molar-refractivity contribution in [1.82, 2.24) is 4.90 Å². The SMILES string of the molecule is Cc1cc(F)ccc1C(CN)N1CC2CCCC2C1. The molecule has 3 atom stereocenters. The van der Waals surface area contributed by atoms with Crippen molar-refractivity contribution in [2.75, 3.05) is 19.6 Å². The predicted molar refractivity (Wildman–Crippen MR) is 75.3 cm³/mol. The van der Waals surface area contributed by atoms with Gasteiger partial charge in [-0.15, -0.1) is 0 Å². The van der Waals surface area contributed by atoms with E-state index in [2.05, 4.69) is 4.90 Å². The Balaban J connectivity index is 1.81. The Bertz CT molecular complexity index is 448. The third kappa shape index (κ3) is 2.41. The molecule has 104 valence electrons. The minimum absolute atomic E-state index is 0.157.